The van der Waals surface area contributed by atoms with Crippen molar-refractivity contribution in [2.45, 2.75) is 27.7 Å². The molecule has 5 heteroatoms. The number of carbonyl (C=O) groups is 1. The van der Waals surface area contributed by atoms with Crippen LogP contribution in [0.15, 0.2) is 17.5 Å². The minimum absolute atomic E-state index is 0.0105. The number of benzene rings is 1. The standard InChI is InChI=1S/C15H18N2O2S/c1-9-5-10(2)14(11(3)6-9)19-7-13(18)17-15-16-12(4)8-20-15/h5-6,8H,7H2,1-4H3,(H,16,17,18). The lowest BCUT2D eigenvalue weighted by atomic mass is 10.1. The molecule has 0 spiro atoms. The number of carbonyl (C=O) groups excluding carboxylic acids is 1. The first-order chi connectivity index (χ1) is 9.45. The summed E-state index contributed by atoms with van der Waals surface area (Å²) in [5.41, 5.74) is 4.17. The molecule has 0 aliphatic heterocycles. The SMILES string of the molecule is Cc1cc(C)c(OCC(=O)Nc2nc(C)cs2)c(C)c1. The highest BCUT2D eigenvalue weighted by atomic mass is 32.1. The van der Waals surface area contributed by atoms with Crippen molar-refractivity contribution >= 4 is 22.4 Å². The van der Waals surface area contributed by atoms with Crippen LogP contribution in [-0.4, -0.2) is 17.5 Å². The van der Waals surface area contributed by atoms with E-state index in [9.17, 15) is 4.79 Å². The van der Waals surface area contributed by atoms with Crippen molar-refractivity contribution in [1.29, 1.82) is 0 Å². The molecule has 2 rings (SSSR count). The number of aromatic nitrogens is 1. The molecule has 1 amide bonds. The fourth-order valence-corrected chi connectivity index (χ4v) is 2.80. The van der Waals surface area contributed by atoms with Crippen LogP contribution in [0.5, 0.6) is 5.75 Å². The van der Waals surface area contributed by atoms with E-state index >= 15 is 0 Å². The Labute approximate surface area is 122 Å². The molecule has 0 unspecified atom stereocenters. The van der Waals surface area contributed by atoms with Crippen LogP contribution >= 0.6 is 11.3 Å². The Balaban J connectivity index is 1.97. The number of hydrogen-bond donors (Lipinski definition) is 1. The number of hydrogen-bond acceptors (Lipinski definition) is 4. The highest BCUT2D eigenvalue weighted by Gasteiger charge is 2.09. The first-order valence-electron chi connectivity index (χ1n) is 6.38. The number of nitrogens with one attached hydrogen (secondary N) is 1. The second-order valence-electron chi connectivity index (χ2n) is 4.86. The van der Waals surface area contributed by atoms with E-state index in [0.717, 1.165) is 22.6 Å². The summed E-state index contributed by atoms with van der Waals surface area (Å²) >= 11 is 1.41. The van der Waals surface area contributed by atoms with Crippen molar-refractivity contribution in [2.75, 3.05) is 11.9 Å². The van der Waals surface area contributed by atoms with Crippen LogP contribution in [0.3, 0.4) is 0 Å². The van der Waals surface area contributed by atoms with E-state index in [-0.39, 0.29) is 12.5 Å². The Morgan fingerprint density at radius 1 is 1.25 bits per heavy atom. The average molecular weight is 290 g/mol. The van der Waals surface area contributed by atoms with E-state index in [1.165, 1.54) is 16.9 Å². The van der Waals surface area contributed by atoms with E-state index in [1.807, 2.05) is 45.2 Å². The second-order valence-corrected chi connectivity index (χ2v) is 5.72. The smallest absolute Gasteiger partial charge is 0.264 e. The van der Waals surface area contributed by atoms with Crippen LogP contribution in [0.4, 0.5) is 5.13 Å². The zero-order chi connectivity index (χ0) is 14.7. The van der Waals surface area contributed by atoms with E-state index in [1.54, 1.807) is 0 Å². The van der Waals surface area contributed by atoms with Crippen LogP contribution < -0.4 is 10.1 Å². The molecule has 4 nitrogen and oxygen atoms in total. The van der Waals surface area contributed by atoms with Crippen LogP contribution in [0, 0.1) is 27.7 Å². The third-order valence-electron chi connectivity index (χ3n) is 2.82. The van der Waals surface area contributed by atoms with Gasteiger partial charge < -0.3 is 4.74 Å². The largest absolute Gasteiger partial charge is 0.483 e. The van der Waals surface area contributed by atoms with Crippen molar-refractivity contribution in [1.82, 2.24) is 4.98 Å². The monoisotopic (exact) mass is 290 g/mol. The number of aryl methyl sites for hydroxylation is 4. The minimum Gasteiger partial charge on any atom is -0.483 e. The van der Waals surface area contributed by atoms with Gasteiger partial charge in [0.2, 0.25) is 0 Å². The van der Waals surface area contributed by atoms with Gasteiger partial charge in [0.05, 0.1) is 5.69 Å². The van der Waals surface area contributed by atoms with Gasteiger partial charge in [-0.3, -0.25) is 10.1 Å². The number of amides is 1. The maximum absolute atomic E-state index is 11.8. The summed E-state index contributed by atoms with van der Waals surface area (Å²) in [4.78, 5) is 16.0. The van der Waals surface area contributed by atoms with Crippen molar-refractivity contribution in [3.05, 3.63) is 39.9 Å². The molecule has 106 valence electrons. The summed E-state index contributed by atoms with van der Waals surface area (Å²) in [7, 11) is 0. The third kappa shape index (κ3) is 3.57. The molecule has 0 aliphatic rings. The summed E-state index contributed by atoms with van der Waals surface area (Å²) in [5, 5.41) is 5.23. The maximum Gasteiger partial charge on any atom is 0.264 e. The highest BCUT2D eigenvalue weighted by Crippen LogP contribution is 2.24. The van der Waals surface area contributed by atoms with E-state index < -0.39 is 0 Å². The Kier molecular flexibility index (Phi) is 4.39. The van der Waals surface area contributed by atoms with Gasteiger partial charge in [0.25, 0.3) is 5.91 Å². The number of rotatable bonds is 4. The van der Waals surface area contributed by atoms with Gasteiger partial charge in [-0.1, -0.05) is 17.7 Å². The van der Waals surface area contributed by atoms with Gasteiger partial charge >= 0.3 is 0 Å². The molecule has 20 heavy (non-hydrogen) atoms. The molecule has 2 aromatic rings. The molecule has 0 atom stereocenters. The number of nitrogens with zero attached hydrogens (tertiary/aromatic N) is 1. The molecular weight excluding hydrogens is 272 g/mol. The van der Waals surface area contributed by atoms with Crippen LogP contribution in [0.1, 0.15) is 22.4 Å². The fourth-order valence-electron chi connectivity index (χ4n) is 2.10. The Bertz CT molecular complexity index is 612. The lowest BCUT2D eigenvalue weighted by Gasteiger charge is -2.12. The van der Waals surface area contributed by atoms with Gasteiger partial charge in [-0.2, -0.15) is 0 Å². The number of ether oxygens (including phenoxy) is 1. The molecule has 0 saturated heterocycles. The molecule has 0 bridgehead atoms. The van der Waals surface area contributed by atoms with E-state index in [0.29, 0.717) is 5.13 Å². The summed E-state index contributed by atoms with van der Waals surface area (Å²) in [5.74, 6) is 0.583. The molecule has 0 saturated carbocycles. The fraction of sp³-hybridized carbons (Fsp3) is 0.333. The maximum atomic E-state index is 11.8. The second kappa shape index (κ2) is 6.05. The third-order valence-corrected chi connectivity index (χ3v) is 3.69. The first-order valence-corrected chi connectivity index (χ1v) is 7.26. The minimum atomic E-state index is -0.196. The summed E-state index contributed by atoms with van der Waals surface area (Å²) in [6.07, 6.45) is 0. The average Bonchev–Trinajstić information content (AvgIpc) is 2.73. The summed E-state index contributed by atoms with van der Waals surface area (Å²) in [6.45, 7) is 7.89. The number of anilines is 1. The van der Waals surface area contributed by atoms with Crippen LogP contribution in [0.25, 0.3) is 0 Å². The van der Waals surface area contributed by atoms with Gasteiger partial charge in [0.15, 0.2) is 11.7 Å². The normalized spacial score (nSPS) is 10.4. The van der Waals surface area contributed by atoms with Crippen molar-refractivity contribution < 1.29 is 9.53 Å². The van der Waals surface area contributed by atoms with Crippen LogP contribution in [-0.2, 0) is 4.79 Å². The lowest BCUT2D eigenvalue weighted by molar-refractivity contribution is -0.118. The molecule has 0 radical (unpaired) electrons. The zero-order valence-electron chi connectivity index (χ0n) is 12.1. The van der Waals surface area contributed by atoms with E-state index in [4.69, 9.17) is 4.74 Å². The topological polar surface area (TPSA) is 51.2 Å². The van der Waals surface area contributed by atoms with Crippen molar-refractivity contribution in [3.63, 3.8) is 0 Å². The molecular formula is C15H18N2O2S. The molecule has 1 heterocycles. The van der Waals surface area contributed by atoms with Gasteiger partial charge in [-0.05, 0) is 38.8 Å². The zero-order valence-corrected chi connectivity index (χ0v) is 12.9. The first kappa shape index (κ1) is 14.5. The molecule has 1 N–H and O–H groups in total. The Morgan fingerprint density at radius 3 is 2.45 bits per heavy atom. The molecule has 1 aromatic heterocycles. The molecule has 0 fully saturated rings. The predicted molar refractivity (Wildman–Crippen MR) is 81.6 cm³/mol. The van der Waals surface area contributed by atoms with Gasteiger partial charge in [-0.25, -0.2) is 4.98 Å². The summed E-state index contributed by atoms with van der Waals surface area (Å²) < 4.78 is 5.63. The van der Waals surface area contributed by atoms with Gasteiger partial charge in [-0.15, -0.1) is 11.3 Å². The predicted octanol–water partition coefficient (Wildman–Crippen LogP) is 3.39. The quantitative estimate of drug-likeness (QED) is 0.939. The van der Waals surface area contributed by atoms with Gasteiger partial charge in [0, 0.05) is 5.38 Å². The molecule has 1 aromatic carbocycles. The Morgan fingerprint density at radius 2 is 1.90 bits per heavy atom. The van der Waals surface area contributed by atoms with Crippen LogP contribution in [0.2, 0.25) is 0 Å². The highest BCUT2D eigenvalue weighted by molar-refractivity contribution is 7.13. The van der Waals surface area contributed by atoms with Gasteiger partial charge in [0.1, 0.15) is 5.75 Å². The Hall–Kier alpha value is -1.88. The van der Waals surface area contributed by atoms with E-state index in [2.05, 4.69) is 10.3 Å². The van der Waals surface area contributed by atoms with Crippen molar-refractivity contribution in [3.8, 4) is 5.75 Å². The molecule has 0 aliphatic carbocycles. The van der Waals surface area contributed by atoms with Crippen molar-refractivity contribution in [2.24, 2.45) is 0 Å². The number of thiazole rings is 1. The summed E-state index contributed by atoms with van der Waals surface area (Å²) in [6, 6.07) is 4.09. The lowest BCUT2D eigenvalue weighted by Crippen LogP contribution is -2.20.